The van der Waals surface area contributed by atoms with E-state index in [1.807, 2.05) is 30.3 Å². The predicted molar refractivity (Wildman–Crippen MR) is 76.5 cm³/mol. The minimum absolute atomic E-state index is 0.0391. The molecule has 1 aliphatic rings. The summed E-state index contributed by atoms with van der Waals surface area (Å²) in [6.07, 6.45) is 0.317. The zero-order chi connectivity index (χ0) is 14.4. The standard InChI is InChI=1S/C14H17NO4S/c16-12(9-20-8-11-4-2-1-3-5-11)15-14(13(17)18)6-7-19-10-14/h1-5H,6-10H2,(H,15,16)(H,17,18). The lowest BCUT2D eigenvalue weighted by atomic mass is 9.99. The van der Waals surface area contributed by atoms with Crippen LogP contribution >= 0.6 is 11.8 Å². The van der Waals surface area contributed by atoms with E-state index in [0.29, 0.717) is 13.0 Å². The number of carbonyl (C=O) groups excluding carboxylic acids is 1. The Bertz CT molecular complexity index is 471. The molecule has 2 N–H and O–H groups in total. The first kappa shape index (κ1) is 14.9. The van der Waals surface area contributed by atoms with Crippen LogP contribution in [0.5, 0.6) is 0 Å². The number of nitrogens with one attached hydrogen (secondary N) is 1. The van der Waals surface area contributed by atoms with E-state index < -0.39 is 11.5 Å². The molecule has 6 heteroatoms. The Morgan fingerprint density at radius 1 is 1.35 bits per heavy atom. The number of hydrogen-bond acceptors (Lipinski definition) is 4. The molecule has 1 unspecified atom stereocenters. The van der Waals surface area contributed by atoms with Gasteiger partial charge in [-0.2, -0.15) is 0 Å². The van der Waals surface area contributed by atoms with E-state index in [2.05, 4.69) is 5.32 Å². The molecule has 1 atom stereocenters. The molecule has 0 aromatic heterocycles. The van der Waals surface area contributed by atoms with Gasteiger partial charge < -0.3 is 15.2 Å². The third-order valence-electron chi connectivity index (χ3n) is 3.15. The first-order valence-corrected chi connectivity index (χ1v) is 7.52. The second kappa shape index (κ2) is 6.76. The van der Waals surface area contributed by atoms with Crippen LogP contribution in [0.15, 0.2) is 30.3 Å². The number of amides is 1. The van der Waals surface area contributed by atoms with Gasteiger partial charge in [0.25, 0.3) is 0 Å². The normalized spacial score (nSPS) is 21.6. The SMILES string of the molecule is O=C(CSCc1ccccc1)NC1(C(=O)O)CCOC1. The molecule has 1 heterocycles. The van der Waals surface area contributed by atoms with Crippen molar-refractivity contribution in [2.45, 2.75) is 17.7 Å². The number of rotatable bonds is 6. The maximum atomic E-state index is 11.8. The number of aliphatic carboxylic acids is 1. The van der Waals surface area contributed by atoms with Gasteiger partial charge >= 0.3 is 5.97 Å². The fraction of sp³-hybridized carbons (Fsp3) is 0.429. The molecule has 108 valence electrons. The second-order valence-electron chi connectivity index (χ2n) is 4.72. The lowest BCUT2D eigenvalue weighted by Crippen LogP contribution is -2.55. The van der Waals surface area contributed by atoms with Gasteiger partial charge in [0.1, 0.15) is 0 Å². The minimum Gasteiger partial charge on any atom is -0.479 e. The van der Waals surface area contributed by atoms with Gasteiger partial charge in [-0.1, -0.05) is 30.3 Å². The number of carbonyl (C=O) groups is 2. The Hall–Kier alpha value is -1.53. The number of carboxylic acid groups (broad SMARTS) is 1. The van der Waals surface area contributed by atoms with Gasteiger partial charge in [0.2, 0.25) is 5.91 Å². The van der Waals surface area contributed by atoms with Crippen molar-refractivity contribution in [3.63, 3.8) is 0 Å². The van der Waals surface area contributed by atoms with E-state index in [9.17, 15) is 14.7 Å². The highest BCUT2D eigenvalue weighted by molar-refractivity contribution is 7.99. The summed E-state index contributed by atoms with van der Waals surface area (Å²) in [7, 11) is 0. The summed E-state index contributed by atoms with van der Waals surface area (Å²) >= 11 is 1.46. The Kier molecular flexibility index (Phi) is 5.03. The van der Waals surface area contributed by atoms with Crippen molar-refractivity contribution >= 4 is 23.6 Å². The molecule has 0 bridgehead atoms. The average Bonchev–Trinajstić information content (AvgIpc) is 2.90. The first-order valence-electron chi connectivity index (χ1n) is 6.36. The molecule has 1 aromatic carbocycles. The molecule has 2 rings (SSSR count). The molecule has 1 aromatic rings. The summed E-state index contributed by atoms with van der Waals surface area (Å²) in [4.78, 5) is 23.1. The zero-order valence-corrected chi connectivity index (χ0v) is 11.8. The summed E-state index contributed by atoms with van der Waals surface area (Å²) in [5.41, 5.74) is -0.104. The van der Waals surface area contributed by atoms with Gasteiger partial charge in [-0.15, -0.1) is 11.8 Å². The van der Waals surface area contributed by atoms with Crippen LogP contribution < -0.4 is 5.32 Å². The largest absolute Gasteiger partial charge is 0.479 e. The van der Waals surface area contributed by atoms with Crippen molar-refractivity contribution in [2.24, 2.45) is 0 Å². The quantitative estimate of drug-likeness (QED) is 0.827. The van der Waals surface area contributed by atoms with E-state index in [-0.39, 0.29) is 18.3 Å². The van der Waals surface area contributed by atoms with Crippen LogP contribution in [-0.4, -0.2) is 41.5 Å². The molecule has 1 saturated heterocycles. The highest BCUT2D eigenvalue weighted by Gasteiger charge is 2.43. The minimum atomic E-state index is -1.25. The third kappa shape index (κ3) is 3.74. The molecule has 1 aliphatic heterocycles. The van der Waals surface area contributed by atoms with E-state index in [1.165, 1.54) is 11.8 Å². The van der Waals surface area contributed by atoms with E-state index in [0.717, 1.165) is 11.3 Å². The van der Waals surface area contributed by atoms with E-state index >= 15 is 0 Å². The molecular weight excluding hydrogens is 278 g/mol. The van der Waals surface area contributed by atoms with Crippen LogP contribution in [0.25, 0.3) is 0 Å². The maximum Gasteiger partial charge on any atom is 0.331 e. The van der Waals surface area contributed by atoms with Crippen LogP contribution in [0.1, 0.15) is 12.0 Å². The smallest absolute Gasteiger partial charge is 0.331 e. The summed E-state index contributed by atoms with van der Waals surface area (Å²) in [5.74, 6) is -0.329. The van der Waals surface area contributed by atoms with Gasteiger partial charge in [-0.25, -0.2) is 4.79 Å². The van der Waals surface area contributed by atoms with Crippen molar-refractivity contribution in [1.82, 2.24) is 5.32 Å². The summed E-state index contributed by atoms with van der Waals surface area (Å²) in [5, 5.41) is 11.8. The summed E-state index contributed by atoms with van der Waals surface area (Å²) < 4.78 is 5.09. The zero-order valence-electron chi connectivity index (χ0n) is 11.0. The first-order chi connectivity index (χ1) is 9.62. The molecule has 0 aliphatic carbocycles. The van der Waals surface area contributed by atoms with Crippen LogP contribution in [0.4, 0.5) is 0 Å². The lowest BCUT2D eigenvalue weighted by Gasteiger charge is -2.23. The van der Waals surface area contributed by atoms with Crippen LogP contribution in [-0.2, 0) is 20.1 Å². The molecular formula is C14H17NO4S. The molecule has 0 radical (unpaired) electrons. The summed E-state index contributed by atoms with van der Waals surface area (Å²) in [6.45, 7) is 0.404. The van der Waals surface area contributed by atoms with Gasteiger partial charge in [0.05, 0.1) is 12.4 Å². The topological polar surface area (TPSA) is 75.6 Å². The lowest BCUT2D eigenvalue weighted by molar-refractivity contribution is -0.147. The Morgan fingerprint density at radius 3 is 2.70 bits per heavy atom. The molecule has 0 spiro atoms. The van der Waals surface area contributed by atoms with E-state index in [4.69, 9.17) is 4.74 Å². The Balaban J connectivity index is 1.79. The van der Waals surface area contributed by atoms with Crippen molar-refractivity contribution in [3.05, 3.63) is 35.9 Å². The van der Waals surface area contributed by atoms with Gasteiger partial charge in [0, 0.05) is 18.8 Å². The number of benzene rings is 1. The van der Waals surface area contributed by atoms with Crippen LogP contribution in [0, 0.1) is 0 Å². The monoisotopic (exact) mass is 295 g/mol. The van der Waals surface area contributed by atoms with Crippen molar-refractivity contribution in [3.8, 4) is 0 Å². The van der Waals surface area contributed by atoms with E-state index in [1.54, 1.807) is 0 Å². The van der Waals surface area contributed by atoms with Crippen LogP contribution in [0.3, 0.4) is 0 Å². The van der Waals surface area contributed by atoms with Gasteiger partial charge in [-0.3, -0.25) is 4.79 Å². The fourth-order valence-electron chi connectivity index (χ4n) is 2.02. The number of ether oxygens (including phenoxy) is 1. The van der Waals surface area contributed by atoms with Crippen molar-refractivity contribution < 1.29 is 19.4 Å². The Morgan fingerprint density at radius 2 is 2.10 bits per heavy atom. The second-order valence-corrected chi connectivity index (χ2v) is 5.70. The third-order valence-corrected chi connectivity index (χ3v) is 4.16. The summed E-state index contributed by atoms with van der Waals surface area (Å²) in [6, 6.07) is 9.83. The highest BCUT2D eigenvalue weighted by Crippen LogP contribution is 2.19. The molecule has 20 heavy (non-hydrogen) atoms. The molecule has 1 amide bonds. The maximum absolute atomic E-state index is 11.8. The highest BCUT2D eigenvalue weighted by atomic mass is 32.2. The average molecular weight is 295 g/mol. The van der Waals surface area contributed by atoms with Crippen molar-refractivity contribution in [1.29, 1.82) is 0 Å². The fourth-order valence-corrected chi connectivity index (χ4v) is 2.81. The molecule has 0 saturated carbocycles. The number of hydrogen-bond donors (Lipinski definition) is 2. The number of thioether (sulfide) groups is 1. The Labute approximate surface area is 121 Å². The predicted octanol–water partition coefficient (Wildman–Crippen LogP) is 1.28. The van der Waals surface area contributed by atoms with Gasteiger partial charge in [-0.05, 0) is 5.56 Å². The molecule has 1 fully saturated rings. The van der Waals surface area contributed by atoms with Crippen molar-refractivity contribution in [2.75, 3.05) is 19.0 Å². The van der Waals surface area contributed by atoms with Gasteiger partial charge in [0.15, 0.2) is 5.54 Å². The molecule has 5 nitrogen and oxygen atoms in total. The number of carboxylic acids is 1. The van der Waals surface area contributed by atoms with Crippen LogP contribution in [0.2, 0.25) is 0 Å².